The molecule has 0 aliphatic heterocycles. The summed E-state index contributed by atoms with van der Waals surface area (Å²) in [6, 6.07) is 19.0. The number of aliphatic imine (C=N–C) groups is 1. The lowest BCUT2D eigenvalue weighted by Crippen LogP contribution is -2.12. The van der Waals surface area contributed by atoms with Crippen LogP contribution in [0.4, 0.5) is 5.69 Å². The number of aromatic nitrogens is 2. The van der Waals surface area contributed by atoms with E-state index in [1.165, 1.54) is 11.1 Å². The molecule has 31 heavy (non-hydrogen) atoms. The molecule has 0 N–H and O–H groups in total. The topological polar surface area (TPSA) is 38.1 Å². The summed E-state index contributed by atoms with van der Waals surface area (Å²) in [6.07, 6.45) is 12.2. The highest BCUT2D eigenvalue weighted by molar-refractivity contribution is 6.06. The fourth-order valence-electron chi connectivity index (χ4n) is 4.29. The molecule has 0 spiro atoms. The highest BCUT2D eigenvalue weighted by Crippen LogP contribution is 2.31. The Kier molecular flexibility index (Phi) is 5.17. The van der Waals surface area contributed by atoms with E-state index in [1.54, 1.807) is 0 Å². The lowest BCUT2D eigenvalue weighted by molar-refractivity contribution is 1.04. The van der Waals surface area contributed by atoms with Crippen LogP contribution in [0.5, 0.6) is 0 Å². The maximum atomic E-state index is 5.18. The molecule has 2 aromatic carbocycles. The fourth-order valence-corrected chi connectivity index (χ4v) is 4.29. The second-order valence-corrected chi connectivity index (χ2v) is 7.84. The molecule has 0 saturated heterocycles. The van der Waals surface area contributed by atoms with Gasteiger partial charge in [-0.3, -0.25) is 9.98 Å². The Hall–Kier alpha value is -3.59. The molecule has 1 atom stereocenters. The van der Waals surface area contributed by atoms with E-state index in [4.69, 9.17) is 9.98 Å². The predicted molar refractivity (Wildman–Crippen MR) is 130 cm³/mol. The zero-order chi connectivity index (χ0) is 21.2. The molecule has 4 aromatic rings. The van der Waals surface area contributed by atoms with E-state index in [0.717, 1.165) is 51.7 Å². The van der Waals surface area contributed by atoms with Crippen molar-refractivity contribution in [3.05, 3.63) is 102 Å². The highest BCUT2D eigenvalue weighted by Gasteiger charge is 2.19. The molecule has 1 aliphatic carbocycles. The van der Waals surface area contributed by atoms with Crippen molar-refractivity contribution in [3.63, 3.8) is 0 Å². The molecule has 0 bridgehead atoms. The van der Waals surface area contributed by atoms with Gasteiger partial charge in [-0.2, -0.15) is 0 Å². The van der Waals surface area contributed by atoms with Crippen molar-refractivity contribution in [2.75, 3.05) is 0 Å². The largest absolute Gasteiger partial charge is 0.254 e. The quantitative estimate of drug-likeness (QED) is 0.348. The van der Waals surface area contributed by atoms with Gasteiger partial charge in [0.25, 0.3) is 0 Å². The average Bonchev–Trinajstić information content (AvgIpc) is 2.84. The van der Waals surface area contributed by atoms with Crippen LogP contribution in [-0.2, 0) is 12.8 Å². The number of hydrogen-bond acceptors (Lipinski definition) is 3. The molecule has 1 unspecified atom stereocenters. The molecule has 0 amide bonds. The Morgan fingerprint density at radius 2 is 1.55 bits per heavy atom. The molecular formula is C28H25N3. The summed E-state index contributed by atoms with van der Waals surface area (Å²) in [4.78, 5) is 14.9. The van der Waals surface area contributed by atoms with Crippen molar-refractivity contribution in [3.8, 4) is 0 Å². The summed E-state index contributed by atoms with van der Waals surface area (Å²) in [6.45, 7) is 4.38. The second kappa shape index (κ2) is 8.27. The summed E-state index contributed by atoms with van der Waals surface area (Å²) in [5, 5.41) is 2.21. The maximum Gasteiger partial charge on any atom is 0.0968 e. The summed E-state index contributed by atoms with van der Waals surface area (Å²) in [5.41, 5.74) is 7.60. The van der Waals surface area contributed by atoms with Crippen LogP contribution in [0.3, 0.4) is 0 Å². The molecule has 2 aromatic heterocycles. The van der Waals surface area contributed by atoms with Crippen LogP contribution in [0.15, 0.2) is 90.1 Å². The fraction of sp³-hybridized carbons (Fsp3) is 0.179. The number of para-hydroxylation sites is 1. The van der Waals surface area contributed by atoms with Gasteiger partial charge in [0, 0.05) is 17.0 Å². The van der Waals surface area contributed by atoms with Crippen molar-refractivity contribution in [2.24, 2.45) is 4.99 Å². The molecule has 5 rings (SSSR count). The van der Waals surface area contributed by atoms with E-state index < -0.39 is 0 Å². The number of allylic oxidation sites excluding steroid dienone is 4. The lowest BCUT2D eigenvalue weighted by Gasteiger charge is -2.18. The average molecular weight is 404 g/mol. The number of hydrogen-bond donors (Lipinski definition) is 0. The molecule has 3 nitrogen and oxygen atoms in total. The van der Waals surface area contributed by atoms with Gasteiger partial charge >= 0.3 is 0 Å². The van der Waals surface area contributed by atoms with Crippen molar-refractivity contribution in [1.82, 2.24) is 9.97 Å². The zero-order valence-corrected chi connectivity index (χ0v) is 17.9. The zero-order valence-electron chi connectivity index (χ0n) is 17.9. The van der Waals surface area contributed by atoms with E-state index in [2.05, 4.69) is 91.7 Å². The standard InChI is InChI=1S/C28H25N3/c1-3-19-9-7-10-20(4-2)26(19)30-24-13-6-5-12-23(24)25-17-16-22-15-14-21-11-8-18-29-27(21)28(22)31-25/h5-18,23H,3-4H2,1-2H3. The minimum atomic E-state index is 0.0167. The van der Waals surface area contributed by atoms with Crippen LogP contribution < -0.4 is 0 Å². The normalized spacial score (nSPS) is 17.1. The Morgan fingerprint density at radius 3 is 2.32 bits per heavy atom. The van der Waals surface area contributed by atoms with E-state index >= 15 is 0 Å². The van der Waals surface area contributed by atoms with Gasteiger partial charge in [-0.1, -0.05) is 74.5 Å². The van der Waals surface area contributed by atoms with E-state index in [9.17, 15) is 0 Å². The minimum absolute atomic E-state index is 0.0167. The number of benzene rings is 2. The van der Waals surface area contributed by atoms with Gasteiger partial charge < -0.3 is 0 Å². The third-order valence-corrected chi connectivity index (χ3v) is 5.98. The molecule has 1 aliphatic rings. The van der Waals surface area contributed by atoms with Crippen LogP contribution >= 0.6 is 0 Å². The first-order valence-electron chi connectivity index (χ1n) is 11.0. The molecule has 0 fully saturated rings. The predicted octanol–water partition coefficient (Wildman–Crippen LogP) is 6.89. The summed E-state index contributed by atoms with van der Waals surface area (Å²) in [7, 11) is 0. The second-order valence-electron chi connectivity index (χ2n) is 7.84. The molecular weight excluding hydrogens is 378 g/mol. The van der Waals surface area contributed by atoms with Gasteiger partial charge in [-0.25, -0.2) is 4.98 Å². The lowest BCUT2D eigenvalue weighted by atomic mass is 9.93. The number of rotatable bonds is 4. The molecule has 3 heteroatoms. The van der Waals surface area contributed by atoms with Crippen LogP contribution in [0.1, 0.15) is 36.6 Å². The first-order valence-corrected chi connectivity index (χ1v) is 11.0. The first kappa shape index (κ1) is 19.4. The van der Waals surface area contributed by atoms with Crippen molar-refractivity contribution >= 4 is 33.2 Å². The van der Waals surface area contributed by atoms with Gasteiger partial charge in [-0.05, 0) is 42.2 Å². The summed E-state index contributed by atoms with van der Waals surface area (Å²) < 4.78 is 0. The third-order valence-electron chi connectivity index (χ3n) is 5.98. The number of pyridine rings is 2. The van der Waals surface area contributed by atoms with Gasteiger partial charge in [0.15, 0.2) is 0 Å². The first-order chi connectivity index (χ1) is 15.3. The Balaban J connectivity index is 1.65. The van der Waals surface area contributed by atoms with Crippen LogP contribution in [0.25, 0.3) is 21.8 Å². The van der Waals surface area contributed by atoms with Crippen LogP contribution in [0.2, 0.25) is 0 Å². The monoisotopic (exact) mass is 403 g/mol. The number of fused-ring (bicyclic) bond motifs is 3. The Labute approximate surface area is 182 Å². The molecule has 2 heterocycles. The van der Waals surface area contributed by atoms with Gasteiger partial charge in [0.05, 0.1) is 34.0 Å². The number of aryl methyl sites for hydroxylation is 2. The summed E-state index contributed by atoms with van der Waals surface area (Å²) in [5.74, 6) is 0.0167. The SMILES string of the molecule is CCc1cccc(CC)c1N=C1C=CC=CC1c1ccc2ccc3cccnc3c2n1. The van der Waals surface area contributed by atoms with Crippen molar-refractivity contribution in [1.29, 1.82) is 0 Å². The summed E-state index contributed by atoms with van der Waals surface area (Å²) >= 11 is 0. The van der Waals surface area contributed by atoms with Gasteiger partial charge in [0.2, 0.25) is 0 Å². The van der Waals surface area contributed by atoms with Gasteiger partial charge in [-0.15, -0.1) is 0 Å². The Morgan fingerprint density at radius 1 is 0.806 bits per heavy atom. The smallest absolute Gasteiger partial charge is 0.0968 e. The third kappa shape index (κ3) is 3.57. The van der Waals surface area contributed by atoms with Gasteiger partial charge in [0.1, 0.15) is 0 Å². The van der Waals surface area contributed by atoms with E-state index in [1.807, 2.05) is 12.3 Å². The number of nitrogens with zero attached hydrogens (tertiary/aromatic N) is 3. The van der Waals surface area contributed by atoms with Crippen molar-refractivity contribution in [2.45, 2.75) is 32.6 Å². The maximum absolute atomic E-state index is 5.18. The minimum Gasteiger partial charge on any atom is -0.254 e. The molecule has 152 valence electrons. The highest BCUT2D eigenvalue weighted by atomic mass is 14.8. The van der Waals surface area contributed by atoms with E-state index in [-0.39, 0.29) is 5.92 Å². The van der Waals surface area contributed by atoms with Crippen molar-refractivity contribution < 1.29 is 0 Å². The van der Waals surface area contributed by atoms with Crippen LogP contribution in [0, 0.1) is 0 Å². The van der Waals surface area contributed by atoms with Crippen LogP contribution in [-0.4, -0.2) is 15.7 Å². The van der Waals surface area contributed by atoms with E-state index in [0.29, 0.717) is 0 Å². The molecule has 0 saturated carbocycles. The Bertz CT molecular complexity index is 1340. The molecule has 0 radical (unpaired) electrons.